The molecule has 2 aromatic heterocycles. The molecule has 0 fully saturated rings. The van der Waals surface area contributed by atoms with Crippen LogP contribution < -0.4 is 4.74 Å². The van der Waals surface area contributed by atoms with Crippen LogP contribution in [0.4, 0.5) is 5.69 Å². The lowest BCUT2D eigenvalue weighted by Crippen LogP contribution is -2.01. The van der Waals surface area contributed by atoms with Gasteiger partial charge in [0.05, 0.1) is 22.1 Å². The van der Waals surface area contributed by atoms with E-state index < -0.39 is 0 Å². The van der Waals surface area contributed by atoms with E-state index in [1.165, 1.54) is 28.2 Å². The maximum absolute atomic E-state index is 6.57. The van der Waals surface area contributed by atoms with Crippen LogP contribution in [-0.2, 0) is 6.61 Å². The number of para-hydroxylation sites is 2. The van der Waals surface area contributed by atoms with Crippen molar-refractivity contribution in [2.24, 2.45) is 4.99 Å². The Morgan fingerprint density at radius 2 is 1.32 bits per heavy atom. The number of furan rings is 1. The Labute approximate surface area is 260 Å². The van der Waals surface area contributed by atoms with Gasteiger partial charge in [-0.05, 0) is 66.2 Å². The van der Waals surface area contributed by atoms with Crippen LogP contribution in [0.25, 0.3) is 60.2 Å². The van der Waals surface area contributed by atoms with E-state index in [0.29, 0.717) is 23.1 Å². The average Bonchev–Trinajstić information content (AvgIpc) is 3.59. The molecule has 2 heterocycles. The average molecular weight is 595 g/mol. The van der Waals surface area contributed by atoms with E-state index in [2.05, 4.69) is 115 Å². The number of halogens is 1. The number of hydrogen-bond acceptors (Lipinski definition) is 3. The van der Waals surface area contributed by atoms with Crippen LogP contribution in [0.15, 0.2) is 125 Å². The van der Waals surface area contributed by atoms with E-state index in [4.69, 9.17) is 20.8 Å². The zero-order chi connectivity index (χ0) is 30.2. The lowest BCUT2D eigenvalue weighted by atomic mass is 10.0. The molecule has 0 amide bonds. The Morgan fingerprint density at radius 3 is 2.00 bits per heavy atom. The molecule has 0 saturated heterocycles. The highest BCUT2D eigenvalue weighted by Gasteiger charge is 2.18. The van der Waals surface area contributed by atoms with Crippen molar-refractivity contribution < 1.29 is 9.15 Å². The molecule has 0 aliphatic rings. The fraction of sp³-hybridized carbons (Fsp3) is 0.103. The number of ether oxygens (including phenoxy) is 1. The van der Waals surface area contributed by atoms with E-state index in [1.54, 1.807) is 0 Å². The lowest BCUT2D eigenvalue weighted by Gasteiger charge is -2.16. The van der Waals surface area contributed by atoms with Crippen LogP contribution >= 0.6 is 11.6 Å². The summed E-state index contributed by atoms with van der Waals surface area (Å²) in [5.74, 6) is 0.633. The fourth-order valence-electron chi connectivity index (χ4n) is 6.07. The summed E-state index contributed by atoms with van der Waals surface area (Å²) in [6.07, 6.45) is 1.25. The maximum Gasteiger partial charge on any atom is 0.157 e. The van der Waals surface area contributed by atoms with Gasteiger partial charge in [0.2, 0.25) is 0 Å². The highest BCUT2D eigenvalue weighted by molar-refractivity contribution is 6.32. The minimum absolute atomic E-state index is 0.350. The summed E-state index contributed by atoms with van der Waals surface area (Å²) in [6, 6.07) is 39.4. The number of benzene rings is 6. The molecular weight excluding hydrogens is 564 g/mol. The maximum atomic E-state index is 6.57. The molecule has 4 nitrogen and oxygen atoms in total. The monoisotopic (exact) mass is 594 g/mol. The molecule has 6 aromatic carbocycles. The van der Waals surface area contributed by atoms with Crippen molar-refractivity contribution >= 4 is 78.5 Å². The zero-order valence-corrected chi connectivity index (χ0v) is 25.4. The zero-order valence-electron chi connectivity index (χ0n) is 24.7. The minimum atomic E-state index is 0.350. The molecule has 216 valence electrons. The number of hydrogen-bond donors (Lipinski definition) is 0. The second kappa shape index (κ2) is 11.6. The summed E-state index contributed by atoms with van der Waals surface area (Å²) < 4.78 is 15.0. The SMILES string of the molecule is C=Nc1ccc2oc3ccc(Cl)cc3c2c1OCc1ccc(-n2c3ccccc3c3ccccc32)c2ccccc12.CCC. The predicted molar refractivity (Wildman–Crippen MR) is 187 cm³/mol. The summed E-state index contributed by atoms with van der Waals surface area (Å²) >= 11 is 6.35. The fourth-order valence-corrected chi connectivity index (χ4v) is 6.24. The van der Waals surface area contributed by atoms with Gasteiger partial charge in [0.1, 0.15) is 23.5 Å². The summed E-state index contributed by atoms with van der Waals surface area (Å²) in [6.45, 7) is 8.39. The Bertz CT molecular complexity index is 2280. The van der Waals surface area contributed by atoms with Gasteiger partial charge < -0.3 is 13.7 Å². The van der Waals surface area contributed by atoms with Crippen molar-refractivity contribution in [3.8, 4) is 11.4 Å². The lowest BCUT2D eigenvalue weighted by molar-refractivity contribution is 0.313. The van der Waals surface area contributed by atoms with Crippen LogP contribution in [0.1, 0.15) is 25.8 Å². The molecular formula is C39H31ClN2O2. The third-order valence-corrected chi connectivity index (χ3v) is 8.12. The first-order valence-electron chi connectivity index (χ1n) is 14.9. The number of aliphatic imine (C=N–C) groups is 1. The molecule has 0 aliphatic heterocycles. The molecule has 8 rings (SSSR count). The highest BCUT2D eigenvalue weighted by Crippen LogP contribution is 2.43. The Morgan fingerprint density at radius 1 is 0.705 bits per heavy atom. The van der Waals surface area contributed by atoms with Crippen molar-refractivity contribution in [3.63, 3.8) is 0 Å². The first-order valence-corrected chi connectivity index (χ1v) is 15.2. The quantitative estimate of drug-likeness (QED) is 0.186. The molecule has 8 aromatic rings. The van der Waals surface area contributed by atoms with Gasteiger partial charge in [-0.2, -0.15) is 0 Å². The van der Waals surface area contributed by atoms with Gasteiger partial charge in [0.25, 0.3) is 0 Å². The third kappa shape index (κ3) is 4.59. The first kappa shape index (κ1) is 27.8. The number of fused-ring (bicyclic) bond motifs is 7. The molecule has 0 aliphatic carbocycles. The van der Waals surface area contributed by atoms with Crippen LogP contribution in [0, 0.1) is 0 Å². The normalized spacial score (nSPS) is 11.3. The summed E-state index contributed by atoms with van der Waals surface area (Å²) in [5, 5.41) is 7.13. The van der Waals surface area contributed by atoms with E-state index in [1.807, 2.05) is 30.3 Å². The molecule has 0 saturated carbocycles. The second-order valence-electron chi connectivity index (χ2n) is 10.8. The molecule has 0 atom stereocenters. The molecule has 0 radical (unpaired) electrons. The van der Waals surface area contributed by atoms with Crippen LogP contribution in [0.5, 0.6) is 5.75 Å². The minimum Gasteiger partial charge on any atom is -0.486 e. The molecule has 0 bridgehead atoms. The first-order chi connectivity index (χ1) is 21.6. The summed E-state index contributed by atoms with van der Waals surface area (Å²) in [7, 11) is 0. The van der Waals surface area contributed by atoms with Crippen molar-refractivity contribution in [1.29, 1.82) is 0 Å². The molecule has 5 heteroatoms. The Kier molecular flexibility index (Phi) is 7.29. The standard InChI is InChI=1S/C36H23ClN2O2.C3H8/c1-38-29-16-19-34-35(28-20-23(37)15-18-33(28)41-34)36(29)40-21-22-14-17-32(25-9-3-2-8-24(22)25)39-30-12-6-4-10-26(30)27-11-5-7-13-31(27)39;1-3-2/h2-20H,1,21H2;3H2,1-2H3. The molecule has 0 unspecified atom stereocenters. The van der Waals surface area contributed by atoms with Crippen molar-refractivity contribution in [1.82, 2.24) is 4.57 Å². The number of nitrogens with zero attached hydrogens (tertiary/aromatic N) is 2. The van der Waals surface area contributed by atoms with Crippen molar-refractivity contribution in [3.05, 3.63) is 126 Å². The predicted octanol–water partition coefficient (Wildman–Crippen LogP) is 11.8. The van der Waals surface area contributed by atoms with Gasteiger partial charge in [-0.3, -0.25) is 4.99 Å². The van der Waals surface area contributed by atoms with Crippen molar-refractivity contribution in [2.45, 2.75) is 26.9 Å². The smallest absolute Gasteiger partial charge is 0.157 e. The highest BCUT2D eigenvalue weighted by atomic mass is 35.5. The van der Waals surface area contributed by atoms with E-state index in [-0.39, 0.29) is 0 Å². The molecule has 44 heavy (non-hydrogen) atoms. The Hall–Kier alpha value is -5.06. The van der Waals surface area contributed by atoms with E-state index in [9.17, 15) is 0 Å². The van der Waals surface area contributed by atoms with Gasteiger partial charge in [-0.1, -0.05) is 98.6 Å². The van der Waals surface area contributed by atoms with Crippen molar-refractivity contribution in [2.75, 3.05) is 0 Å². The third-order valence-electron chi connectivity index (χ3n) is 7.88. The second-order valence-corrected chi connectivity index (χ2v) is 11.3. The molecule has 0 spiro atoms. The van der Waals surface area contributed by atoms with Crippen LogP contribution in [-0.4, -0.2) is 11.3 Å². The van der Waals surface area contributed by atoms with Gasteiger partial charge in [0, 0.05) is 26.6 Å². The van der Waals surface area contributed by atoms with Gasteiger partial charge in [-0.25, -0.2) is 0 Å². The van der Waals surface area contributed by atoms with Gasteiger partial charge >= 0.3 is 0 Å². The summed E-state index contributed by atoms with van der Waals surface area (Å²) in [4.78, 5) is 4.26. The van der Waals surface area contributed by atoms with E-state index >= 15 is 0 Å². The topological polar surface area (TPSA) is 39.7 Å². The number of rotatable bonds is 5. The van der Waals surface area contributed by atoms with Gasteiger partial charge in [0.15, 0.2) is 5.75 Å². The number of aromatic nitrogens is 1. The van der Waals surface area contributed by atoms with Crippen LogP contribution in [0.3, 0.4) is 0 Å². The van der Waals surface area contributed by atoms with Crippen LogP contribution in [0.2, 0.25) is 5.02 Å². The molecule has 0 N–H and O–H groups in total. The van der Waals surface area contributed by atoms with Gasteiger partial charge in [-0.15, -0.1) is 0 Å². The van der Waals surface area contributed by atoms with E-state index in [0.717, 1.165) is 44.0 Å². The largest absolute Gasteiger partial charge is 0.486 e. The summed E-state index contributed by atoms with van der Waals surface area (Å²) in [5.41, 5.74) is 6.69. The Balaban J connectivity index is 0.00000100.